The van der Waals surface area contributed by atoms with Crippen molar-refractivity contribution in [3.05, 3.63) is 35.0 Å². The molecule has 0 fully saturated rings. The zero-order valence-corrected chi connectivity index (χ0v) is 8.68. The van der Waals surface area contributed by atoms with E-state index in [1.165, 1.54) is 27.7 Å². The predicted octanol–water partition coefficient (Wildman–Crippen LogP) is 3.10. The van der Waals surface area contributed by atoms with Crippen molar-refractivity contribution in [1.29, 1.82) is 0 Å². The minimum absolute atomic E-state index is 1.32. The van der Waals surface area contributed by atoms with Gasteiger partial charge in [0.15, 0.2) is 0 Å². The third-order valence-electron chi connectivity index (χ3n) is 3.01. The number of fused-ring (bicyclic) bond motifs is 1. The molecule has 0 bridgehead atoms. The summed E-state index contributed by atoms with van der Waals surface area (Å²) in [4.78, 5) is 0. The van der Waals surface area contributed by atoms with Gasteiger partial charge in [0, 0.05) is 23.6 Å². The minimum Gasteiger partial charge on any atom is -0.348 e. The van der Waals surface area contributed by atoms with Gasteiger partial charge in [0.1, 0.15) is 0 Å². The third-order valence-corrected chi connectivity index (χ3v) is 3.01. The van der Waals surface area contributed by atoms with Gasteiger partial charge in [0.05, 0.1) is 0 Å². The second-order valence-electron chi connectivity index (χ2n) is 3.78. The van der Waals surface area contributed by atoms with Gasteiger partial charge < -0.3 is 4.57 Å². The molecule has 1 aromatic heterocycles. The largest absolute Gasteiger partial charge is 0.348 e. The van der Waals surface area contributed by atoms with Crippen LogP contribution in [0.5, 0.6) is 0 Å². The highest BCUT2D eigenvalue weighted by molar-refractivity contribution is 5.85. The number of nitrogens with zero attached hydrogens (tertiary/aromatic N) is 1. The SMILES string of the molecule is Cc1ccc2c(cc(C)n2C)c1C. The molecule has 2 aromatic rings. The first-order chi connectivity index (χ1) is 6.11. The first-order valence-corrected chi connectivity index (χ1v) is 4.63. The summed E-state index contributed by atoms with van der Waals surface area (Å²) < 4.78 is 2.24. The molecule has 0 N–H and O–H groups in total. The summed E-state index contributed by atoms with van der Waals surface area (Å²) in [5.41, 5.74) is 5.43. The van der Waals surface area contributed by atoms with E-state index in [2.05, 4.69) is 50.6 Å². The number of benzene rings is 1. The molecule has 0 radical (unpaired) electrons. The molecule has 0 aliphatic rings. The highest BCUT2D eigenvalue weighted by Gasteiger charge is 2.05. The lowest BCUT2D eigenvalue weighted by atomic mass is 10.1. The molecular weight excluding hydrogens is 158 g/mol. The standard InChI is InChI=1S/C12H15N/c1-8-5-6-12-11(10(8)3)7-9(2)13(12)4/h5-7H,1-4H3. The van der Waals surface area contributed by atoms with Crippen LogP contribution in [-0.2, 0) is 7.05 Å². The summed E-state index contributed by atoms with van der Waals surface area (Å²) in [6.07, 6.45) is 0. The van der Waals surface area contributed by atoms with Crippen molar-refractivity contribution in [2.45, 2.75) is 20.8 Å². The van der Waals surface area contributed by atoms with Crippen LogP contribution in [0.25, 0.3) is 10.9 Å². The maximum absolute atomic E-state index is 2.26. The van der Waals surface area contributed by atoms with E-state index in [1.807, 2.05) is 0 Å². The summed E-state index contributed by atoms with van der Waals surface area (Å²) in [6, 6.07) is 6.65. The van der Waals surface area contributed by atoms with Gasteiger partial charge in [-0.1, -0.05) is 6.07 Å². The van der Waals surface area contributed by atoms with Gasteiger partial charge in [-0.2, -0.15) is 0 Å². The molecule has 0 amide bonds. The van der Waals surface area contributed by atoms with E-state index in [0.29, 0.717) is 0 Å². The highest BCUT2D eigenvalue weighted by atomic mass is 14.9. The molecule has 13 heavy (non-hydrogen) atoms. The van der Waals surface area contributed by atoms with E-state index >= 15 is 0 Å². The van der Waals surface area contributed by atoms with Gasteiger partial charge >= 0.3 is 0 Å². The Morgan fingerprint density at radius 3 is 2.46 bits per heavy atom. The lowest BCUT2D eigenvalue weighted by Crippen LogP contribution is -1.89. The average Bonchev–Trinajstić information content (AvgIpc) is 2.38. The van der Waals surface area contributed by atoms with Gasteiger partial charge in [-0.05, 0) is 44.0 Å². The minimum atomic E-state index is 1.32. The monoisotopic (exact) mass is 173 g/mol. The van der Waals surface area contributed by atoms with Crippen LogP contribution in [-0.4, -0.2) is 4.57 Å². The Hall–Kier alpha value is -1.24. The van der Waals surface area contributed by atoms with Crippen LogP contribution >= 0.6 is 0 Å². The zero-order chi connectivity index (χ0) is 9.59. The van der Waals surface area contributed by atoms with E-state index in [9.17, 15) is 0 Å². The fourth-order valence-electron chi connectivity index (χ4n) is 1.79. The molecule has 1 heteroatoms. The summed E-state index contributed by atoms with van der Waals surface area (Å²) >= 11 is 0. The maximum atomic E-state index is 2.26. The van der Waals surface area contributed by atoms with Crippen molar-refractivity contribution in [1.82, 2.24) is 4.57 Å². The number of hydrogen-bond donors (Lipinski definition) is 0. The second kappa shape index (κ2) is 2.63. The van der Waals surface area contributed by atoms with E-state index < -0.39 is 0 Å². The van der Waals surface area contributed by atoms with Crippen LogP contribution in [0.2, 0.25) is 0 Å². The van der Waals surface area contributed by atoms with Crippen LogP contribution in [0.3, 0.4) is 0 Å². The predicted molar refractivity (Wildman–Crippen MR) is 57.1 cm³/mol. The van der Waals surface area contributed by atoms with Gasteiger partial charge in [0.2, 0.25) is 0 Å². The Bertz CT molecular complexity index is 463. The molecule has 0 saturated carbocycles. The van der Waals surface area contributed by atoms with Crippen LogP contribution in [0, 0.1) is 20.8 Å². The van der Waals surface area contributed by atoms with Crippen molar-refractivity contribution in [3.63, 3.8) is 0 Å². The first-order valence-electron chi connectivity index (χ1n) is 4.63. The van der Waals surface area contributed by atoms with E-state index in [4.69, 9.17) is 0 Å². The molecule has 0 spiro atoms. The normalized spacial score (nSPS) is 11.1. The molecule has 0 aliphatic heterocycles. The molecular formula is C12H15N. The van der Waals surface area contributed by atoms with E-state index in [0.717, 1.165) is 0 Å². The van der Waals surface area contributed by atoms with Crippen molar-refractivity contribution >= 4 is 10.9 Å². The van der Waals surface area contributed by atoms with E-state index in [-0.39, 0.29) is 0 Å². The van der Waals surface area contributed by atoms with E-state index in [1.54, 1.807) is 0 Å². The van der Waals surface area contributed by atoms with Gasteiger partial charge in [-0.25, -0.2) is 0 Å². The number of hydrogen-bond acceptors (Lipinski definition) is 0. The van der Waals surface area contributed by atoms with Gasteiger partial charge in [-0.3, -0.25) is 0 Å². The smallest absolute Gasteiger partial charge is 0.0482 e. The van der Waals surface area contributed by atoms with Crippen molar-refractivity contribution in [2.75, 3.05) is 0 Å². The van der Waals surface area contributed by atoms with Crippen LogP contribution < -0.4 is 0 Å². The number of rotatable bonds is 0. The maximum Gasteiger partial charge on any atom is 0.0482 e. The van der Waals surface area contributed by atoms with Crippen molar-refractivity contribution in [3.8, 4) is 0 Å². The zero-order valence-electron chi connectivity index (χ0n) is 8.68. The van der Waals surface area contributed by atoms with Gasteiger partial charge in [-0.15, -0.1) is 0 Å². The quantitative estimate of drug-likeness (QED) is 0.577. The van der Waals surface area contributed by atoms with Crippen molar-refractivity contribution < 1.29 is 0 Å². The molecule has 1 nitrogen and oxygen atoms in total. The van der Waals surface area contributed by atoms with Crippen LogP contribution in [0.1, 0.15) is 16.8 Å². The molecule has 1 heterocycles. The topological polar surface area (TPSA) is 4.93 Å². The summed E-state index contributed by atoms with van der Waals surface area (Å²) in [7, 11) is 2.12. The number of aromatic nitrogens is 1. The fraction of sp³-hybridized carbons (Fsp3) is 0.333. The average molecular weight is 173 g/mol. The Kier molecular flexibility index (Phi) is 1.69. The Balaban J connectivity index is 2.94. The highest BCUT2D eigenvalue weighted by Crippen LogP contribution is 2.23. The summed E-state index contributed by atoms with van der Waals surface area (Å²) in [5.74, 6) is 0. The Morgan fingerprint density at radius 2 is 1.77 bits per heavy atom. The molecule has 0 unspecified atom stereocenters. The van der Waals surface area contributed by atoms with Crippen molar-refractivity contribution in [2.24, 2.45) is 7.05 Å². The lowest BCUT2D eigenvalue weighted by Gasteiger charge is -2.02. The summed E-state index contributed by atoms with van der Waals surface area (Å²) in [5, 5.41) is 1.39. The molecule has 1 aromatic carbocycles. The number of aryl methyl sites for hydroxylation is 4. The lowest BCUT2D eigenvalue weighted by molar-refractivity contribution is 0.918. The Morgan fingerprint density at radius 1 is 1.08 bits per heavy atom. The Labute approximate surface area is 79.0 Å². The molecule has 68 valence electrons. The molecule has 0 saturated heterocycles. The van der Waals surface area contributed by atoms with Gasteiger partial charge in [0.25, 0.3) is 0 Å². The fourth-order valence-corrected chi connectivity index (χ4v) is 1.79. The second-order valence-corrected chi connectivity index (χ2v) is 3.78. The van der Waals surface area contributed by atoms with Crippen LogP contribution in [0.4, 0.5) is 0 Å². The molecule has 2 rings (SSSR count). The van der Waals surface area contributed by atoms with Crippen LogP contribution in [0.15, 0.2) is 18.2 Å². The molecule has 0 atom stereocenters. The molecule has 0 aliphatic carbocycles. The summed E-state index contributed by atoms with van der Waals surface area (Å²) in [6.45, 7) is 6.50. The third kappa shape index (κ3) is 1.07. The first kappa shape index (κ1) is 8.36.